The zero-order chi connectivity index (χ0) is 21.1. The molecule has 2 heterocycles. The molecule has 0 aliphatic carbocycles. The number of methoxy groups -OCH3 is 1. The Kier molecular flexibility index (Phi) is 5.72. The molecule has 0 radical (unpaired) electrons. The number of aryl methyl sites for hydroxylation is 1. The van der Waals surface area contributed by atoms with Crippen molar-refractivity contribution in [1.82, 2.24) is 9.80 Å². The van der Waals surface area contributed by atoms with Gasteiger partial charge in [0.15, 0.2) is 5.76 Å². The minimum absolute atomic E-state index is 0.156. The highest BCUT2D eigenvalue weighted by Gasteiger charge is 2.29. The fourth-order valence-corrected chi connectivity index (χ4v) is 3.74. The van der Waals surface area contributed by atoms with Gasteiger partial charge in [-0.1, -0.05) is 30.3 Å². The van der Waals surface area contributed by atoms with Gasteiger partial charge in [-0.05, 0) is 30.7 Å². The van der Waals surface area contributed by atoms with Crippen LogP contribution in [0.25, 0.3) is 11.0 Å². The van der Waals surface area contributed by atoms with Crippen molar-refractivity contribution in [2.75, 3.05) is 38.6 Å². The zero-order valence-electron chi connectivity index (χ0n) is 17.2. The number of carbonyl (C=O) groups excluding carboxylic acids is 2. The average Bonchev–Trinajstić information content (AvgIpc) is 3.12. The second-order valence-electron chi connectivity index (χ2n) is 7.42. The molecule has 0 atom stereocenters. The van der Waals surface area contributed by atoms with Crippen LogP contribution in [0.3, 0.4) is 0 Å². The number of benzene rings is 2. The summed E-state index contributed by atoms with van der Waals surface area (Å²) in [7, 11) is 1.60. The molecule has 3 aromatic rings. The largest absolute Gasteiger partial charge is 0.451 e. The quantitative estimate of drug-likeness (QED) is 0.712. The molecule has 1 aliphatic heterocycles. The second kappa shape index (κ2) is 8.59. The van der Waals surface area contributed by atoms with Crippen molar-refractivity contribution in [3.05, 3.63) is 65.4 Å². The molecule has 0 spiro atoms. The van der Waals surface area contributed by atoms with Crippen LogP contribution in [0.2, 0.25) is 0 Å². The number of hydrogen-bond donors (Lipinski definition) is 1. The van der Waals surface area contributed by atoms with Gasteiger partial charge in [0.05, 0.1) is 6.61 Å². The summed E-state index contributed by atoms with van der Waals surface area (Å²) in [5, 5.41) is 3.81. The second-order valence-corrected chi connectivity index (χ2v) is 7.42. The number of urea groups is 1. The van der Waals surface area contributed by atoms with Crippen molar-refractivity contribution in [3.8, 4) is 0 Å². The van der Waals surface area contributed by atoms with Crippen molar-refractivity contribution in [3.63, 3.8) is 0 Å². The maximum atomic E-state index is 13.1. The number of para-hydroxylation sites is 1. The number of rotatable bonds is 4. The van der Waals surface area contributed by atoms with Crippen LogP contribution >= 0.6 is 0 Å². The van der Waals surface area contributed by atoms with Crippen LogP contribution in [0.5, 0.6) is 0 Å². The Balaban J connectivity index is 1.43. The third-order valence-electron chi connectivity index (χ3n) is 5.30. The van der Waals surface area contributed by atoms with Crippen LogP contribution < -0.4 is 5.32 Å². The Hall–Kier alpha value is -3.32. The van der Waals surface area contributed by atoms with Crippen molar-refractivity contribution >= 4 is 28.6 Å². The third-order valence-corrected chi connectivity index (χ3v) is 5.30. The Morgan fingerprint density at radius 2 is 1.77 bits per heavy atom. The monoisotopic (exact) mass is 407 g/mol. The lowest BCUT2D eigenvalue weighted by atomic mass is 10.1. The molecule has 30 heavy (non-hydrogen) atoms. The van der Waals surface area contributed by atoms with Gasteiger partial charge in [0, 0.05) is 49.9 Å². The Bertz CT molecular complexity index is 1070. The smallest absolute Gasteiger partial charge is 0.321 e. The molecule has 156 valence electrons. The minimum atomic E-state index is -0.169. The normalized spacial score (nSPS) is 14.2. The van der Waals surface area contributed by atoms with Gasteiger partial charge in [0.1, 0.15) is 5.58 Å². The van der Waals surface area contributed by atoms with Gasteiger partial charge in [-0.15, -0.1) is 0 Å². The maximum Gasteiger partial charge on any atom is 0.321 e. The van der Waals surface area contributed by atoms with Gasteiger partial charge in [-0.2, -0.15) is 0 Å². The summed E-state index contributed by atoms with van der Waals surface area (Å²) in [5.74, 6) is 0.146. The summed E-state index contributed by atoms with van der Waals surface area (Å²) in [6, 6.07) is 15.1. The lowest BCUT2D eigenvalue weighted by Crippen LogP contribution is -2.51. The van der Waals surface area contributed by atoms with Crippen LogP contribution in [0.4, 0.5) is 10.5 Å². The highest BCUT2D eigenvalue weighted by molar-refractivity contribution is 5.99. The SMILES string of the molecule is COCc1c(C(=O)N2CCN(C(=O)Nc3cccc(C)c3)CC2)oc2ccccc12. The van der Waals surface area contributed by atoms with Crippen LogP contribution in [-0.4, -0.2) is 55.0 Å². The molecule has 4 rings (SSSR count). The van der Waals surface area contributed by atoms with Crippen molar-refractivity contribution < 1.29 is 18.7 Å². The highest BCUT2D eigenvalue weighted by atomic mass is 16.5. The van der Waals surface area contributed by atoms with Gasteiger partial charge in [-0.3, -0.25) is 4.79 Å². The van der Waals surface area contributed by atoms with Crippen molar-refractivity contribution in [1.29, 1.82) is 0 Å². The first kappa shape index (κ1) is 20.0. The van der Waals surface area contributed by atoms with Gasteiger partial charge in [0.2, 0.25) is 0 Å². The molecule has 0 bridgehead atoms. The van der Waals surface area contributed by atoms with E-state index in [-0.39, 0.29) is 11.9 Å². The number of piperazine rings is 1. The Morgan fingerprint density at radius 3 is 2.50 bits per heavy atom. The molecule has 2 aromatic carbocycles. The molecule has 1 aliphatic rings. The van der Waals surface area contributed by atoms with Gasteiger partial charge >= 0.3 is 6.03 Å². The Labute approximate surface area is 175 Å². The molecular formula is C23H25N3O4. The molecule has 1 N–H and O–H groups in total. The van der Waals surface area contributed by atoms with E-state index in [2.05, 4.69) is 5.32 Å². The number of ether oxygens (including phenoxy) is 1. The summed E-state index contributed by atoms with van der Waals surface area (Å²) >= 11 is 0. The summed E-state index contributed by atoms with van der Waals surface area (Å²) in [6.45, 7) is 4.10. The summed E-state index contributed by atoms with van der Waals surface area (Å²) in [5.41, 5.74) is 3.28. The predicted octanol–water partition coefficient (Wildman–Crippen LogP) is 3.88. The molecule has 0 saturated carbocycles. The number of hydrogen-bond acceptors (Lipinski definition) is 4. The standard InChI is InChI=1S/C23H25N3O4/c1-16-6-5-7-17(14-16)24-23(28)26-12-10-25(11-13-26)22(27)21-19(15-29-2)18-8-3-4-9-20(18)30-21/h3-9,14H,10-13,15H2,1-2H3,(H,24,28). The number of nitrogens with zero attached hydrogens (tertiary/aromatic N) is 2. The number of anilines is 1. The van der Waals surface area contributed by atoms with Crippen LogP contribution in [0.1, 0.15) is 21.7 Å². The Morgan fingerprint density at radius 1 is 1.03 bits per heavy atom. The molecule has 1 saturated heterocycles. The first-order valence-electron chi connectivity index (χ1n) is 9.98. The highest BCUT2D eigenvalue weighted by Crippen LogP contribution is 2.28. The van der Waals surface area contributed by atoms with Crippen LogP contribution in [0.15, 0.2) is 52.9 Å². The van der Waals surface area contributed by atoms with E-state index >= 15 is 0 Å². The fraction of sp³-hybridized carbons (Fsp3) is 0.304. The van der Waals surface area contributed by atoms with Gasteiger partial charge in [0.25, 0.3) is 5.91 Å². The van der Waals surface area contributed by atoms with E-state index in [0.29, 0.717) is 44.1 Å². The van der Waals surface area contributed by atoms with E-state index in [1.165, 1.54) is 0 Å². The topological polar surface area (TPSA) is 75.0 Å². The molecule has 3 amide bonds. The number of carbonyl (C=O) groups is 2. The van der Waals surface area contributed by atoms with Crippen LogP contribution in [-0.2, 0) is 11.3 Å². The number of furan rings is 1. The van der Waals surface area contributed by atoms with Crippen LogP contribution in [0, 0.1) is 6.92 Å². The van der Waals surface area contributed by atoms with E-state index in [9.17, 15) is 9.59 Å². The number of fused-ring (bicyclic) bond motifs is 1. The molecule has 7 heteroatoms. The third kappa shape index (κ3) is 4.02. The molecule has 0 unspecified atom stereocenters. The van der Waals surface area contributed by atoms with E-state index in [4.69, 9.17) is 9.15 Å². The minimum Gasteiger partial charge on any atom is -0.451 e. The average molecular weight is 407 g/mol. The predicted molar refractivity (Wildman–Crippen MR) is 115 cm³/mol. The molecule has 7 nitrogen and oxygen atoms in total. The van der Waals surface area contributed by atoms with E-state index < -0.39 is 0 Å². The maximum absolute atomic E-state index is 13.1. The summed E-state index contributed by atoms with van der Waals surface area (Å²) in [6.07, 6.45) is 0. The van der Waals surface area contributed by atoms with E-state index in [1.807, 2.05) is 55.5 Å². The molecular weight excluding hydrogens is 382 g/mol. The summed E-state index contributed by atoms with van der Waals surface area (Å²) < 4.78 is 11.2. The first-order valence-corrected chi connectivity index (χ1v) is 9.98. The lowest BCUT2D eigenvalue weighted by molar-refractivity contribution is 0.0637. The molecule has 1 aromatic heterocycles. The first-order chi connectivity index (χ1) is 14.6. The number of nitrogens with one attached hydrogen (secondary N) is 1. The zero-order valence-corrected chi connectivity index (χ0v) is 17.2. The van der Waals surface area contributed by atoms with E-state index in [0.717, 1.165) is 22.2 Å². The van der Waals surface area contributed by atoms with E-state index in [1.54, 1.807) is 16.9 Å². The fourth-order valence-electron chi connectivity index (χ4n) is 3.74. The summed E-state index contributed by atoms with van der Waals surface area (Å²) in [4.78, 5) is 29.1. The number of amides is 3. The van der Waals surface area contributed by atoms with Gasteiger partial charge in [-0.25, -0.2) is 4.79 Å². The van der Waals surface area contributed by atoms with Gasteiger partial charge < -0.3 is 24.3 Å². The van der Waals surface area contributed by atoms with Crippen molar-refractivity contribution in [2.24, 2.45) is 0 Å². The lowest BCUT2D eigenvalue weighted by Gasteiger charge is -2.34. The molecule has 1 fully saturated rings. The van der Waals surface area contributed by atoms with Crippen molar-refractivity contribution in [2.45, 2.75) is 13.5 Å².